The van der Waals surface area contributed by atoms with E-state index < -0.39 is 16.1 Å². The summed E-state index contributed by atoms with van der Waals surface area (Å²) in [6, 6.07) is 8.46. The molecule has 1 aromatic heterocycles. The predicted octanol–water partition coefficient (Wildman–Crippen LogP) is 2.16. The van der Waals surface area contributed by atoms with Gasteiger partial charge in [-0.25, -0.2) is 8.42 Å². The SMILES string of the molecule is C[C@@H](O)[C@@H]1CCCCN1S(=O)(=O)c1cccc2cccnc12. The number of hydrogen-bond donors (Lipinski definition) is 1. The molecule has 0 radical (unpaired) electrons. The minimum atomic E-state index is -3.67. The van der Waals surface area contributed by atoms with E-state index in [-0.39, 0.29) is 10.9 Å². The molecule has 1 fully saturated rings. The van der Waals surface area contributed by atoms with Gasteiger partial charge < -0.3 is 5.11 Å². The Hall–Kier alpha value is -1.50. The lowest BCUT2D eigenvalue weighted by atomic mass is 10.0. The first-order valence-electron chi connectivity index (χ1n) is 7.55. The molecule has 5 nitrogen and oxygen atoms in total. The van der Waals surface area contributed by atoms with E-state index >= 15 is 0 Å². The van der Waals surface area contributed by atoms with Gasteiger partial charge in [0.25, 0.3) is 0 Å². The van der Waals surface area contributed by atoms with Gasteiger partial charge in [0, 0.05) is 18.1 Å². The minimum Gasteiger partial charge on any atom is -0.392 e. The van der Waals surface area contributed by atoms with E-state index in [2.05, 4.69) is 4.98 Å². The number of aromatic nitrogens is 1. The molecule has 0 unspecified atom stereocenters. The topological polar surface area (TPSA) is 70.5 Å². The van der Waals surface area contributed by atoms with E-state index in [1.54, 1.807) is 31.3 Å². The average Bonchev–Trinajstić information content (AvgIpc) is 2.54. The molecule has 1 saturated heterocycles. The van der Waals surface area contributed by atoms with E-state index in [1.165, 1.54) is 4.31 Å². The Balaban J connectivity index is 2.11. The Kier molecular flexibility index (Phi) is 4.16. The van der Waals surface area contributed by atoms with Crippen LogP contribution in [0.15, 0.2) is 41.4 Å². The lowest BCUT2D eigenvalue weighted by molar-refractivity contribution is 0.0831. The fraction of sp³-hybridized carbons (Fsp3) is 0.438. The van der Waals surface area contributed by atoms with Crippen molar-refractivity contribution in [1.29, 1.82) is 0 Å². The van der Waals surface area contributed by atoms with Crippen LogP contribution in [0.5, 0.6) is 0 Å². The van der Waals surface area contributed by atoms with Crippen LogP contribution in [0.2, 0.25) is 0 Å². The van der Waals surface area contributed by atoms with E-state index in [0.29, 0.717) is 18.5 Å². The highest BCUT2D eigenvalue weighted by Gasteiger charge is 2.36. The van der Waals surface area contributed by atoms with Crippen LogP contribution in [-0.2, 0) is 10.0 Å². The van der Waals surface area contributed by atoms with Crippen molar-refractivity contribution in [2.45, 2.75) is 43.2 Å². The Labute approximate surface area is 130 Å². The normalized spacial score (nSPS) is 21.8. The number of aliphatic hydroxyl groups is 1. The van der Waals surface area contributed by atoms with Crippen molar-refractivity contribution in [2.24, 2.45) is 0 Å². The number of para-hydroxylation sites is 1. The summed E-state index contributed by atoms with van der Waals surface area (Å²) in [5.41, 5.74) is 0.486. The zero-order chi connectivity index (χ0) is 15.7. The van der Waals surface area contributed by atoms with Gasteiger partial charge in [0.05, 0.1) is 17.7 Å². The summed E-state index contributed by atoms with van der Waals surface area (Å²) < 4.78 is 27.6. The Morgan fingerprint density at radius 1 is 1.27 bits per heavy atom. The van der Waals surface area contributed by atoms with E-state index in [1.807, 2.05) is 12.1 Å². The largest absolute Gasteiger partial charge is 0.392 e. The van der Waals surface area contributed by atoms with Gasteiger partial charge in [0.2, 0.25) is 10.0 Å². The number of pyridine rings is 1. The molecule has 118 valence electrons. The van der Waals surface area contributed by atoms with Gasteiger partial charge in [-0.1, -0.05) is 24.6 Å². The Bertz CT molecular complexity index is 769. The van der Waals surface area contributed by atoms with E-state index in [0.717, 1.165) is 18.2 Å². The number of nitrogens with zero attached hydrogens (tertiary/aromatic N) is 2. The summed E-state index contributed by atoms with van der Waals surface area (Å²) in [7, 11) is -3.67. The van der Waals surface area contributed by atoms with Crippen LogP contribution in [0.4, 0.5) is 0 Å². The zero-order valence-corrected chi connectivity index (χ0v) is 13.3. The second kappa shape index (κ2) is 5.95. The number of rotatable bonds is 3. The van der Waals surface area contributed by atoms with Crippen LogP contribution in [0.1, 0.15) is 26.2 Å². The lowest BCUT2D eigenvalue weighted by Gasteiger charge is -2.36. The Morgan fingerprint density at radius 3 is 2.82 bits per heavy atom. The maximum Gasteiger partial charge on any atom is 0.245 e. The fourth-order valence-corrected chi connectivity index (χ4v) is 5.05. The smallest absolute Gasteiger partial charge is 0.245 e. The van der Waals surface area contributed by atoms with E-state index in [9.17, 15) is 13.5 Å². The summed E-state index contributed by atoms with van der Waals surface area (Å²) in [5, 5.41) is 10.7. The first kappa shape index (κ1) is 15.4. The maximum atomic E-state index is 13.1. The van der Waals surface area contributed by atoms with Crippen molar-refractivity contribution in [3.63, 3.8) is 0 Å². The van der Waals surface area contributed by atoms with Crippen molar-refractivity contribution in [1.82, 2.24) is 9.29 Å². The Morgan fingerprint density at radius 2 is 2.05 bits per heavy atom. The van der Waals surface area contributed by atoms with Gasteiger partial charge in [-0.05, 0) is 31.9 Å². The van der Waals surface area contributed by atoms with Gasteiger partial charge in [-0.3, -0.25) is 4.98 Å². The zero-order valence-electron chi connectivity index (χ0n) is 12.5. The third kappa shape index (κ3) is 2.62. The van der Waals surface area contributed by atoms with Gasteiger partial charge >= 0.3 is 0 Å². The van der Waals surface area contributed by atoms with Crippen LogP contribution >= 0.6 is 0 Å². The minimum absolute atomic E-state index is 0.221. The fourth-order valence-electron chi connectivity index (χ4n) is 3.12. The lowest BCUT2D eigenvalue weighted by Crippen LogP contribution is -2.48. The van der Waals surface area contributed by atoms with Crippen LogP contribution in [0, 0.1) is 0 Å². The summed E-state index contributed by atoms with van der Waals surface area (Å²) >= 11 is 0. The molecule has 1 aliphatic heterocycles. The van der Waals surface area contributed by atoms with Crippen molar-refractivity contribution in [3.05, 3.63) is 36.5 Å². The van der Waals surface area contributed by atoms with Crippen LogP contribution < -0.4 is 0 Å². The molecule has 0 bridgehead atoms. The number of fused-ring (bicyclic) bond motifs is 1. The number of piperidine rings is 1. The molecule has 0 saturated carbocycles. The third-order valence-corrected chi connectivity index (χ3v) is 6.19. The number of hydrogen-bond acceptors (Lipinski definition) is 4. The number of benzene rings is 1. The van der Waals surface area contributed by atoms with Crippen LogP contribution in [0.3, 0.4) is 0 Å². The molecule has 0 amide bonds. The highest BCUT2D eigenvalue weighted by Crippen LogP contribution is 2.30. The van der Waals surface area contributed by atoms with Gasteiger partial charge in [-0.2, -0.15) is 4.31 Å². The molecular formula is C16H20N2O3S. The molecule has 2 heterocycles. The molecule has 2 aromatic rings. The van der Waals surface area contributed by atoms with Crippen LogP contribution in [-0.4, -0.2) is 41.5 Å². The molecule has 1 aliphatic rings. The monoisotopic (exact) mass is 320 g/mol. The molecule has 22 heavy (non-hydrogen) atoms. The molecule has 1 N–H and O–H groups in total. The number of sulfonamides is 1. The van der Waals surface area contributed by atoms with Crippen molar-refractivity contribution in [2.75, 3.05) is 6.54 Å². The standard InChI is InChI=1S/C16H20N2O3S/c1-12(19)14-8-2-3-11-18(14)22(20,21)15-9-4-6-13-7-5-10-17-16(13)15/h4-7,9-10,12,14,19H,2-3,8,11H2,1H3/t12-,14+/m1/s1. The predicted molar refractivity (Wildman–Crippen MR) is 85.0 cm³/mol. The van der Waals surface area contributed by atoms with Gasteiger partial charge in [-0.15, -0.1) is 0 Å². The quantitative estimate of drug-likeness (QED) is 0.941. The van der Waals surface area contributed by atoms with Crippen molar-refractivity contribution in [3.8, 4) is 0 Å². The summed E-state index contributed by atoms with van der Waals surface area (Å²) in [6.07, 6.45) is 3.37. The first-order valence-corrected chi connectivity index (χ1v) is 8.99. The highest BCUT2D eigenvalue weighted by molar-refractivity contribution is 7.89. The number of aliphatic hydroxyl groups excluding tert-OH is 1. The molecule has 0 spiro atoms. The maximum absolute atomic E-state index is 13.1. The molecule has 6 heteroatoms. The molecule has 3 rings (SSSR count). The first-order chi connectivity index (χ1) is 10.5. The van der Waals surface area contributed by atoms with Crippen LogP contribution in [0.25, 0.3) is 10.9 Å². The highest BCUT2D eigenvalue weighted by atomic mass is 32.2. The van der Waals surface area contributed by atoms with Gasteiger partial charge in [0.15, 0.2) is 0 Å². The molecular weight excluding hydrogens is 300 g/mol. The second-order valence-corrected chi connectivity index (χ2v) is 7.61. The molecule has 2 atom stereocenters. The summed E-state index contributed by atoms with van der Waals surface area (Å²) in [4.78, 5) is 4.46. The van der Waals surface area contributed by atoms with Crippen molar-refractivity contribution >= 4 is 20.9 Å². The summed E-state index contributed by atoms with van der Waals surface area (Å²) in [5.74, 6) is 0. The molecule has 0 aliphatic carbocycles. The third-order valence-electron chi connectivity index (χ3n) is 4.24. The van der Waals surface area contributed by atoms with Gasteiger partial charge in [0.1, 0.15) is 4.90 Å². The van der Waals surface area contributed by atoms with E-state index in [4.69, 9.17) is 0 Å². The summed E-state index contributed by atoms with van der Waals surface area (Å²) in [6.45, 7) is 2.10. The average molecular weight is 320 g/mol. The second-order valence-electron chi connectivity index (χ2n) is 5.75. The molecule has 1 aromatic carbocycles. The van der Waals surface area contributed by atoms with Crippen molar-refractivity contribution < 1.29 is 13.5 Å².